The molecule has 152 valence electrons. The summed E-state index contributed by atoms with van der Waals surface area (Å²) in [6.07, 6.45) is 11.0. The average molecular weight is 384 g/mol. The van der Waals surface area contributed by atoms with Gasteiger partial charge in [-0.05, 0) is 62.1 Å². The Bertz CT molecular complexity index is 687. The van der Waals surface area contributed by atoms with Crippen molar-refractivity contribution in [3.05, 3.63) is 29.8 Å². The van der Waals surface area contributed by atoms with Crippen LogP contribution in [-0.4, -0.2) is 23.9 Å². The van der Waals surface area contributed by atoms with Gasteiger partial charge in [-0.2, -0.15) is 0 Å². The fraction of sp³-hybridized carbons (Fsp3) is 0.652. The molecule has 0 radical (unpaired) electrons. The monoisotopic (exact) mass is 383 g/mol. The Hall–Kier alpha value is -1.88. The van der Waals surface area contributed by atoms with Crippen LogP contribution in [0.25, 0.3) is 0 Å². The second-order valence-electron chi connectivity index (χ2n) is 8.98. The second kappa shape index (κ2) is 9.08. The summed E-state index contributed by atoms with van der Waals surface area (Å²) in [4.78, 5) is 24.8. The third-order valence-electron chi connectivity index (χ3n) is 6.70. The number of carbonyl (C=O) groups excluding carboxylic acids is 2. The number of benzene rings is 1. The first kappa shape index (κ1) is 19.4. The molecule has 2 amide bonds. The van der Waals surface area contributed by atoms with E-state index in [9.17, 15) is 9.59 Å². The quantitative estimate of drug-likeness (QED) is 0.701. The maximum Gasteiger partial charge on any atom is 0.227 e. The van der Waals surface area contributed by atoms with E-state index in [-0.39, 0.29) is 17.7 Å². The van der Waals surface area contributed by atoms with Crippen LogP contribution in [0.15, 0.2) is 24.3 Å². The number of rotatable bonds is 6. The number of fused-ring (bicyclic) bond motifs is 2. The molecular formula is C23H33N3O2. The first-order chi connectivity index (χ1) is 13.7. The van der Waals surface area contributed by atoms with Crippen molar-refractivity contribution in [2.24, 2.45) is 11.8 Å². The molecule has 2 heterocycles. The summed E-state index contributed by atoms with van der Waals surface area (Å²) in [5.74, 6) is 0.946. The van der Waals surface area contributed by atoms with Crippen LogP contribution in [-0.2, 0) is 16.1 Å². The van der Waals surface area contributed by atoms with Crippen LogP contribution in [0, 0.1) is 11.8 Å². The number of piperidine rings is 1. The smallest absolute Gasteiger partial charge is 0.227 e. The molecule has 3 fully saturated rings. The van der Waals surface area contributed by atoms with E-state index in [0.29, 0.717) is 31.0 Å². The molecule has 5 heteroatoms. The van der Waals surface area contributed by atoms with Gasteiger partial charge in [-0.3, -0.25) is 9.59 Å². The number of nitrogens with one attached hydrogen (secondary N) is 3. The van der Waals surface area contributed by atoms with Gasteiger partial charge in [0.1, 0.15) is 0 Å². The highest BCUT2D eigenvalue weighted by atomic mass is 16.2. The van der Waals surface area contributed by atoms with Gasteiger partial charge >= 0.3 is 0 Å². The minimum absolute atomic E-state index is 0.140. The normalized spacial score (nSPS) is 27.4. The molecule has 2 saturated heterocycles. The van der Waals surface area contributed by atoms with Gasteiger partial charge in [0.05, 0.1) is 0 Å². The van der Waals surface area contributed by atoms with Gasteiger partial charge in [-0.15, -0.1) is 0 Å². The first-order valence-corrected chi connectivity index (χ1v) is 11.1. The van der Waals surface area contributed by atoms with Gasteiger partial charge in [-0.25, -0.2) is 0 Å². The predicted molar refractivity (Wildman–Crippen MR) is 111 cm³/mol. The van der Waals surface area contributed by atoms with Gasteiger partial charge < -0.3 is 16.0 Å². The molecule has 1 saturated carbocycles. The summed E-state index contributed by atoms with van der Waals surface area (Å²) in [6.45, 7) is 0.518. The van der Waals surface area contributed by atoms with Gasteiger partial charge in [-0.1, -0.05) is 31.4 Å². The molecule has 1 aromatic rings. The van der Waals surface area contributed by atoms with Crippen LogP contribution in [0.5, 0.6) is 0 Å². The van der Waals surface area contributed by atoms with E-state index in [4.69, 9.17) is 0 Å². The molecule has 1 aliphatic carbocycles. The van der Waals surface area contributed by atoms with Crippen molar-refractivity contribution in [1.82, 2.24) is 10.6 Å². The Balaban J connectivity index is 1.24. The summed E-state index contributed by atoms with van der Waals surface area (Å²) >= 11 is 0. The minimum Gasteiger partial charge on any atom is -0.352 e. The topological polar surface area (TPSA) is 70.2 Å². The van der Waals surface area contributed by atoms with Gasteiger partial charge in [0.2, 0.25) is 11.8 Å². The molecular weight excluding hydrogens is 350 g/mol. The predicted octanol–water partition coefficient (Wildman–Crippen LogP) is 3.74. The summed E-state index contributed by atoms with van der Waals surface area (Å²) < 4.78 is 0. The minimum atomic E-state index is 0.140. The fourth-order valence-electron chi connectivity index (χ4n) is 5.24. The molecule has 2 unspecified atom stereocenters. The summed E-state index contributed by atoms with van der Waals surface area (Å²) in [5, 5.41) is 9.76. The van der Waals surface area contributed by atoms with E-state index >= 15 is 0 Å². The van der Waals surface area contributed by atoms with Gasteiger partial charge in [0.25, 0.3) is 0 Å². The van der Waals surface area contributed by atoms with Crippen LogP contribution in [0.4, 0.5) is 5.69 Å². The van der Waals surface area contributed by atoms with E-state index in [1.807, 2.05) is 24.3 Å². The highest BCUT2D eigenvalue weighted by Gasteiger charge is 2.34. The van der Waals surface area contributed by atoms with Gasteiger partial charge in [0.15, 0.2) is 0 Å². The van der Waals surface area contributed by atoms with Crippen molar-refractivity contribution in [2.75, 3.05) is 5.32 Å². The zero-order valence-electron chi connectivity index (χ0n) is 16.7. The maximum absolute atomic E-state index is 12.4. The van der Waals surface area contributed by atoms with Crippen LogP contribution in [0.2, 0.25) is 0 Å². The van der Waals surface area contributed by atoms with E-state index in [0.717, 1.165) is 49.8 Å². The van der Waals surface area contributed by atoms with Crippen molar-refractivity contribution in [3.8, 4) is 0 Å². The molecule has 5 nitrogen and oxygen atoms in total. The van der Waals surface area contributed by atoms with Crippen molar-refractivity contribution in [1.29, 1.82) is 0 Å². The molecule has 3 N–H and O–H groups in total. The highest BCUT2D eigenvalue weighted by molar-refractivity contribution is 5.92. The van der Waals surface area contributed by atoms with Crippen LogP contribution in [0.1, 0.15) is 69.8 Å². The lowest BCUT2D eigenvalue weighted by molar-refractivity contribution is -0.122. The highest BCUT2D eigenvalue weighted by Crippen LogP contribution is 2.32. The van der Waals surface area contributed by atoms with E-state index < -0.39 is 0 Å². The second-order valence-corrected chi connectivity index (χ2v) is 8.98. The lowest BCUT2D eigenvalue weighted by Gasteiger charge is -2.28. The largest absolute Gasteiger partial charge is 0.352 e. The Morgan fingerprint density at radius 2 is 1.75 bits per heavy atom. The standard InChI is InChI=1S/C23H33N3O2/c27-22(14-17-12-20-9-10-21(13-17)25-20)24-15-16-5-4-8-19(11-16)26-23(28)18-6-2-1-3-7-18/h4-5,8,11,17-18,20-21,25H,1-3,6-7,9-10,12-15H2,(H,24,27)(H,26,28). The molecule has 0 aromatic heterocycles. The maximum atomic E-state index is 12.4. The van der Waals surface area contributed by atoms with Crippen molar-refractivity contribution in [3.63, 3.8) is 0 Å². The third kappa shape index (κ3) is 5.13. The van der Waals surface area contributed by atoms with Crippen LogP contribution in [0.3, 0.4) is 0 Å². The molecule has 3 aliphatic rings. The summed E-state index contributed by atoms with van der Waals surface area (Å²) in [7, 11) is 0. The summed E-state index contributed by atoms with van der Waals surface area (Å²) in [6, 6.07) is 9.11. The average Bonchev–Trinajstić information content (AvgIpc) is 3.05. The molecule has 4 rings (SSSR count). The molecule has 2 atom stereocenters. The van der Waals surface area contributed by atoms with Crippen molar-refractivity contribution < 1.29 is 9.59 Å². The zero-order valence-corrected chi connectivity index (χ0v) is 16.7. The van der Waals surface area contributed by atoms with E-state index in [1.165, 1.54) is 19.3 Å². The Labute approximate surface area is 168 Å². The first-order valence-electron chi connectivity index (χ1n) is 11.1. The molecule has 0 spiro atoms. The van der Waals surface area contributed by atoms with E-state index in [2.05, 4.69) is 16.0 Å². The number of hydrogen-bond donors (Lipinski definition) is 3. The Morgan fingerprint density at radius 1 is 1.00 bits per heavy atom. The summed E-state index contributed by atoms with van der Waals surface area (Å²) in [5.41, 5.74) is 1.86. The molecule has 2 aliphatic heterocycles. The third-order valence-corrected chi connectivity index (χ3v) is 6.70. The van der Waals surface area contributed by atoms with Crippen molar-refractivity contribution in [2.45, 2.75) is 82.8 Å². The number of hydrogen-bond acceptors (Lipinski definition) is 3. The number of anilines is 1. The van der Waals surface area contributed by atoms with Crippen LogP contribution < -0.4 is 16.0 Å². The van der Waals surface area contributed by atoms with Gasteiger partial charge in [0, 0.05) is 36.7 Å². The molecule has 1 aromatic carbocycles. The van der Waals surface area contributed by atoms with E-state index in [1.54, 1.807) is 0 Å². The van der Waals surface area contributed by atoms with Crippen LogP contribution >= 0.6 is 0 Å². The zero-order chi connectivity index (χ0) is 19.3. The molecule has 2 bridgehead atoms. The lowest BCUT2D eigenvalue weighted by atomic mass is 9.88. The Kier molecular flexibility index (Phi) is 6.30. The van der Waals surface area contributed by atoms with Crippen molar-refractivity contribution >= 4 is 17.5 Å². The molecule has 28 heavy (non-hydrogen) atoms. The SMILES string of the molecule is O=C(CC1CC2CCC(C1)N2)NCc1cccc(NC(=O)C2CCCCC2)c1. The number of amides is 2. The fourth-order valence-corrected chi connectivity index (χ4v) is 5.24. The Morgan fingerprint density at radius 3 is 2.50 bits per heavy atom. The lowest BCUT2D eigenvalue weighted by Crippen LogP contribution is -2.39. The number of carbonyl (C=O) groups is 2.